The molecule has 0 bridgehead atoms. The molecule has 4 aromatic carbocycles. The van der Waals surface area contributed by atoms with Gasteiger partial charge in [0.05, 0.1) is 18.7 Å². The number of aryl methyl sites for hydroxylation is 1. The summed E-state index contributed by atoms with van der Waals surface area (Å²) in [6.45, 7) is 3.97. The van der Waals surface area contributed by atoms with E-state index in [2.05, 4.69) is 20.9 Å². The van der Waals surface area contributed by atoms with E-state index in [1.165, 1.54) is 23.1 Å². The number of carbonyl (C=O) groups is 4. The molecular formula is C38H34N4O5S2. The van der Waals surface area contributed by atoms with Crippen molar-refractivity contribution in [3.05, 3.63) is 148 Å². The molecule has 248 valence electrons. The number of carbonyl (C=O) groups excluding carboxylic acids is 4. The number of rotatable bonds is 13. The van der Waals surface area contributed by atoms with Crippen LogP contribution in [0.3, 0.4) is 0 Å². The fourth-order valence-electron chi connectivity index (χ4n) is 4.73. The summed E-state index contributed by atoms with van der Waals surface area (Å²) >= 11 is 2.54. The normalized spacial score (nSPS) is 11.7. The van der Waals surface area contributed by atoms with Gasteiger partial charge in [0.2, 0.25) is 5.91 Å². The number of anilines is 2. The Morgan fingerprint density at radius 2 is 1.61 bits per heavy atom. The third kappa shape index (κ3) is 10.2. The van der Waals surface area contributed by atoms with Crippen LogP contribution >= 0.6 is 23.1 Å². The van der Waals surface area contributed by atoms with Crippen molar-refractivity contribution in [2.75, 3.05) is 17.2 Å². The lowest BCUT2D eigenvalue weighted by molar-refractivity contribution is -0.142. The molecule has 0 aliphatic carbocycles. The highest BCUT2D eigenvalue weighted by Crippen LogP contribution is 2.37. The SMILES string of the molecule is CCOC(=O)Cc1csc(NC(=O)C(Sc2cccc(NC(=O)/C(=C\c3cccc(C)c3)NC(=O)c3ccccc3)c2)c2ccccc2)n1. The summed E-state index contributed by atoms with van der Waals surface area (Å²) in [5.41, 5.74) is 4.03. The molecule has 1 atom stereocenters. The number of esters is 1. The van der Waals surface area contributed by atoms with Crippen LogP contribution in [0.5, 0.6) is 0 Å². The van der Waals surface area contributed by atoms with E-state index in [0.717, 1.165) is 21.6 Å². The predicted octanol–water partition coefficient (Wildman–Crippen LogP) is 7.44. The van der Waals surface area contributed by atoms with E-state index < -0.39 is 17.1 Å². The molecule has 1 aromatic heterocycles. The summed E-state index contributed by atoms with van der Waals surface area (Å²) in [6, 6.07) is 32.8. The number of amides is 3. The minimum atomic E-state index is -0.661. The molecule has 5 aromatic rings. The van der Waals surface area contributed by atoms with Crippen LogP contribution < -0.4 is 16.0 Å². The van der Waals surface area contributed by atoms with Crippen LogP contribution in [0.25, 0.3) is 6.08 Å². The van der Waals surface area contributed by atoms with Crippen LogP contribution in [0, 0.1) is 6.92 Å². The number of nitrogens with zero attached hydrogens (tertiary/aromatic N) is 1. The summed E-state index contributed by atoms with van der Waals surface area (Å²) in [5, 5.41) is 9.98. The van der Waals surface area contributed by atoms with Gasteiger partial charge in [-0.05, 0) is 61.4 Å². The van der Waals surface area contributed by atoms with E-state index >= 15 is 0 Å². The van der Waals surface area contributed by atoms with Gasteiger partial charge < -0.3 is 20.7 Å². The number of ether oxygens (including phenoxy) is 1. The van der Waals surface area contributed by atoms with Gasteiger partial charge in [-0.25, -0.2) is 4.98 Å². The van der Waals surface area contributed by atoms with E-state index in [0.29, 0.717) is 22.1 Å². The smallest absolute Gasteiger partial charge is 0.311 e. The summed E-state index contributed by atoms with van der Waals surface area (Å²) in [6.07, 6.45) is 1.65. The number of hydrogen-bond donors (Lipinski definition) is 3. The first-order valence-corrected chi connectivity index (χ1v) is 17.2. The monoisotopic (exact) mass is 690 g/mol. The first-order chi connectivity index (χ1) is 23.8. The molecule has 0 fully saturated rings. The number of thiazole rings is 1. The topological polar surface area (TPSA) is 126 Å². The van der Waals surface area contributed by atoms with Crippen molar-refractivity contribution in [1.29, 1.82) is 0 Å². The molecular weight excluding hydrogens is 657 g/mol. The number of nitrogens with one attached hydrogen (secondary N) is 3. The maximum atomic E-state index is 13.6. The second-order valence-electron chi connectivity index (χ2n) is 10.8. The van der Waals surface area contributed by atoms with Gasteiger partial charge in [0.1, 0.15) is 10.9 Å². The Morgan fingerprint density at radius 1 is 0.878 bits per heavy atom. The van der Waals surface area contributed by atoms with E-state index in [4.69, 9.17) is 4.74 Å². The summed E-state index contributed by atoms with van der Waals surface area (Å²) < 4.78 is 5.00. The van der Waals surface area contributed by atoms with Crippen LogP contribution in [0.15, 0.2) is 125 Å². The highest BCUT2D eigenvalue weighted by molar-refractivity contribution is 8.00. The molecule has 3 amide bonds. The van der Waals surface area contributed by atoms with Crippen LogP contribution in [0.1, 0.15) is 44.9 Å². The molecule has 1 unspecified atom stereocenters. The van der Waals surface area contributed by atoms with Crippen molar-refractivity contribution >= 4 is 63.7 Å². The summed E-state index contributed by atoms with van der Waals surface area (Å²) in [7, 11) is 0. The lowest BCUT2D eigenvalue weighted by Gasteiger charge is -2.17. The Balaban J connectivity index is 1.34. The second kappa shape index (κ2) is 17.0. The van der Waals surface area contributed by atoms with Crippen molar-refractivity contribution in [2.45, 2.75) is 30.4 Å². The maximum absolute atomic E-state index is 13.6. The van der Waals surface area contributed by atoms with Crippen LogP contribution in [0.2, 0.25) is 0 Å². The van der Waals surface area contributed by atoms with Crippen molar-refractivity contribution in [3.8, 4) is 0 Å². The van der Waals surface area contributed by atoms with Gasteiger partial charge >= 0.3 is 5.97 Å². The first-order valence-electron chi connectivity index (χ1n) is 15.5. The first kappa shape index (κ1) is 34.8. The molecule has 1 heterocycles. The molecule has 49 heavy (non-hydrogen) atoms. The highest BCUT2D eigenvalue weighted by Gasteiger charge is 2.24. The van der Waals surface area contributed by atoms with Gasteiger partial charge in [-0.2, -0.15) is 0 Å². The molecule has 0 aliphatic rings. The van der Waals surface area contributed by atoms with Crippen molar-refractivity contribution in [3.63, 3.8) is 0 Å². The van der Waals surface area contributed by atoms with Gasteiger partial charge in [-0.3, -0.25) is 19.2 Å². The highest BCUT2D eigenvalue weighted by atomic mass is 32.2. The van der Waals surface area contributed by atoms with Gasteiger partial charge in [-0.15, -0.1) is 23.1 Å². The van der Waals surface area contributed by atoms with E-state index in [9.17, 15) is 19.2 Å². The lowest BCUT2D eigenvalue weighted by atomic mass is 10.1. The van der Waals surface area contributed by atoms with Gasteiger partial charge in [0.25, 0.3) is 11.8 Å². The minimum absolute atomic E-state index is 0.0212. The summed E-state index contributed by atoms with van der Waals surface area (Å²) in [4.78, 5) is 57.3. The minimum Gasteiger partial charge on any atom is -0.466 e. The third-order valence-corrected chi connectivity index (χ3v) is 9.04. The molecule has 0 aliphatic heterocycles. The van der Waals surface area contributed by atoms with E-state index in [1.807, 2.05) is 73.7 Å². The van der Waals surface area contributed by atoms with Crippen molar-refractivity contribution < 1.29 is 23.9 Å². The standard InChI is InChI=1S/C38H34N4O5S2/c1-3-47-33(43)23-30-24-48-38(40-30)42-37(46)34(27-14-6-4-7-15-27)49-31-19-11-18-29(22-31)39-36(45)32(21-26-13-10-12-25(2)20-26)41-35(44)28-16-8-5-9-17-28/h4-22,24,34H,3,23H2,1-2H3,(H,39,45)(H,41,44)(H,40,42,46)/b32-21+. The molecule has 5 rings (SSSR count). The number of aromatic nitrogens is 1. The summed E-state index contributed by atoms with van der Waals surface area (Å²) in [5.74, 6) is -1.60. The molecule has 3 N–H and O–H groups in total. The Kier molecular flexibility index (Phi) is 12.1. The Morgan fingerprint density at radius 3 is 2.35 bits per heavy atom. The fourth-order valence-corrected chi connectivity index (χ4v) is 6.52. The van der Waals surface area contributed by atoms with Gasteiger partial charge in [0.15, 0.2) is 5.13 Å². The van der Waals surface area contributed by atoms with Crippen LogP contribution in [0.4, 0.5) is 10.8 Å². The second-order valence-corrected chi connectivity index (χ2v) is 12.8. The average Bonchev–Trinajstić information content (AvgIpc) is 3.54. The maximum Gasteiger partial charge on any atom is 0.311 e. The number of benzene rings is 4. The molecule has 0 saturated heterocycles. The van der Waals surface area contributed by atoms with Gasteiger partial charge in [0, 0.05) is 21.5 Å². The molecule has 11 heteroatoms. The van der Waals surface area contributed by atoms with Crippen molar-refractivity contribution in [1.82, 2.24) is 10.3 Å². The van der Waals surface area contributed by atoms with Crippen LogP contribution in [-0.2, 0) is 25.5 Å². The Hall–Kier alpha value is -5.52. The Labute approximate surface area is 292 Å². The number of thioether (sulfide) groups is 1. The lowest BCUT2D eigenvalue weighted by Crippen LogP contribution is -2.30. The fraction of sp³-hybridized carbons (Fsp3) is 0.132. The molecule has 0 radical (unpaired) electrons. The quantitative estimate of drug-likeness (QED) is 0.0666. The number of hydrogen-bond acceptors (Lipinski definition) is 8. The van der Waals surface area contributed by atoms with Crippen molar-refractivity contribution in [2.24, 2.45) is 0 Å². The van der Waals surface area contributed by atoms with E-state index in [-0.39, 0.29) is 30.6 Å². The largest absolute Gasteiger partial charge is 0.466 e. The average molecular weight is 691 g/mol. The van der Waals surface area contributed by atoms with E-state index in [1.54, 1.807) is 60.8 Å². The zero-order chi connectivity index (χ0) is 34.6. The predicted molar refractivity (Wildman–Crippen MR) is 194 cm³/mol. The van der Waals surface area contributed by atoms with Crippen LogP contribution in [-0.4, -0.2) is 35.3 Å². The molecule has 9 nitrogen and oxygen atoms in total. The molecule has 0 spiro atoms. The third-order valence-electron chi connectivity index (χ3n) is 6.98. The zero-order valence-corrected chi connectivity index (χ0v) is 28.5. The zero-order valence-electron chi connectivity index (χ0n) is 26.8. The van der Waals surface area contributed by atoms with Gasteiger partial charge in [-0.1, -0.05) is 84.4 Å². The Bertz CT molecular complexity index is 1960. The molecule has 0 saturated carbocycles.